The van der Waals surface area contributed by atoms with Crippen molar-refractivity contribution in [2.24, 2.45) is 10.2 Å². The first-order valence-electron chi connectivity index (χ1n) is 4.05. The largest absolute Gasteiger partial charge is 0.272 e. The second-order valence-corrected chi connectivity index (χ2v) is 2.80. The van der Waals surface area contributed by atoms with Crippen LogP contribution in [0.4, 0.5) is 0 Å². The van der Waals surface area contributed by atoms with E-state index >= 15 is 0 Å². The zero-order valence-corrected chi connectivity index (χ0v) is 7.29. The second-order valence-electron chi connectivity index (χ2n) is 2.80. The molecule has 4 nitrogen and oxygen atoms in total. The van der Waals surface area contributed by atoms with Crippen molar-refractivity contribution in [3.8, 4) is 0 Å². The lowest BCUT2D eigenvalue weighted by atomic mass is 9.96. The highest BCUT2D eigenvalue weighted by atomic mass is 16.1. The summed E-state index contributed by atoms with van der Waals surface area (Å²) in [5.74, 6) is -0.669. The minimum atomic E-state index is -0.967. The molecule has 0 spiro atoms. The molecule has 1 aliphatic heterocycles. The minimum absolute atomic E-state index is 0.516. The van der Waals surface area contributed by atoms with Crippen molar-refractivity contribution in [2.45, 2.75) is 32.2 Å². The van der Waals surface area contributed by atoms with Gasteiger partial charge in [0.1, 0.15) is 0 Å². The summed E-state index contributed by atoms with van der Waals surface area (Å²) in [6.07, 6.45) is 2.98. The number of hydrogen-bond acceptors (Lipinski definition) is 3. The molecule has 1 rings (SSSR count). The van der Waals surface area contributed by atoms with E-state index in [1.165, 1.54) is 0 Å². The van der Waals surface area contributed by atoms with Crippen LogP contribution in [0.25, 0.3) is 0 Å². The Morgan fingerprint density at radius 3 is 2.58 bits per heavy atom. The van der Waals surface area contributed by atoms with Gasteiger partial charge in [0.15, 0.2) is 5.54 Å². The van der Waals surface area contributed by atoms with Crippen LogP contribution in [0.2, 0.25) is 0 Å². The molecule has 0 bridgehead atoms. The molecule has 0 fully saturated rings. The number of nitrogens with one attached hydrogen (secondary N) is 1. The van der Waals surface area contributed by atoms with Crippen LogP contribution >= 0.6 is 0 Å². The van der Waals surface area contributed by atoms with Crippen molar-refractivity contribution in [3.63, 3.8) is 0 Å². The molecule has 0 aliphatic carbocycles. The van der Waals surface area contributed by atoms with Gasteiger partial charge in [-0.15, -0.1) is 0 Å². The molecule has 12 heavy (non-hydrogen) atoms. The van der Waals surface area contributed by atoms with Gasteiger partial charge in [-0.2, -0.15) is 10.2 Å². The molecule has 1 radical (unpaired) electrons. The highest BCUT2D eigenvalue weighted by Crippen LogP contribution is 2.28. The summed E-state index contributed by atoms with van der Waals surface area (Å²) >= 11 is 0. The molecule has 0 saturated carbocycles. The van der Waals surface area contributed by atoms with E-state index in [1.807, 2.05) is 13.8 Å². The van der Waals surface area contributed by atoms with E-state index in [-0.39, 0.29) is 0 Å². The van der Waals surface area contributed by atoms with Gasteiger partial charge < -0.3 is 0 Å². The van der Waals surface area contributed by atoms with Crippen molar-refractivity contribution in [1.29, 1.82) is 0 Å². The molecule has 0 aromatic rings. The third-order valence-corrected chi connectivity index (χ3v) is 2.06. The Bertz CT molecular complexity index is 257. The van der Waals surface area contributed by atoms with Gasteiger partial charge in [-0.1, -0.05) is 13.8 Å². The molecule has 1 aliphatic rings. The first-order valence-corrected chi connectivity index (χ1v) is 4.05. The SMILES string of the molecule is CCC1=CC(CC)(C([NH])=O)N=N1. The van der Waals surface area contributed by atoms with E-state index in [1.54, 1.807) is 6.08 Å². The monoisotopic (exact) mass is 166 g/mol. The van der Waals surface area contributed by atoms with Gasteiger partial charge in [-0.3, -0.25) is 10.5 Å². The van der Waals surface area contributed by atoms with Crippen LogP contribution in [0.5, 0.6) is 0 Å². The Hall–Kier alpha value is -1.19. The average Bonchev–Trinajstić information content (AvgIpc) is 2.48. The van der Waals surface area contributed by atoms with Gasteiger partial charge in [0.25, 0.3) is 5.91 Å². The molecule has 1 heterocycles. The Morgan fingerprint density at radius 2 is 2.33 bits per heavy atom. The quantitative estimate of drug-likeness (QED) is 0.629. The van der Waals surface area contributed by atoms with E-state index in [2.05, 4.69) is 10.2 Å². The lowest BCUT2D eigenvalue weighted by molar-refractivity contribution is -0.122. The van der Waals surface area contributed by atoms with E-state index in [4.69, 9.17) is 5.73 Å². The second kappa shape index (κ2) is 3.05. The fraction of sp³-hybridized carbons (Fsp3) is 0.625. The summed E-state index contributed by atoms with van der Waals surface area (Å²) in [5, 5.41) is 7.68. The number of nitrogens with zero attached hydrogens (tertiary/aromatic N) is 2. The minimum Gasteiger partial charge on any atom is -0.270 e. The van der Waals surface area contributed by atoms with Crippen molar-refractivity contribution < 1.29 is 4.79 Å². The van der Waals surface area contributed by atoms with Crippen LogP contribution in [0.15, 0.2) is 22.0 Å². The summed E-state index contributed by atoms with van der Waals surface area (Å²) in [6.45, 7) is 3.78. The Morgan fingerprint density at radius 1 is 1.67 bits per heavy atom. The number of rotatable bonds is 3. The third-order valence-electron chi connectivity index (χ3n) is 2.06. The lowest BCUT2D eigenvalue weighted by Crippen LogP contribution is -2.33. The zero-order chi connectivity index (χ0) is 9.19. The Balaban J connectivity index is 2.94. The first-order chi connectivity index (χ1) is 5.64. The molecule has 1 N–H and O–H groups in total. The van der Waals surface area contributed by atoms with Crippen LogP contribution < -0.4 is 5.73 Å². The highest BCUT2D eigenvalue weighted by Gasteiger charge is 2.36. The zero-order valence-electron chi connectivity index (χ0n) is 7.29. The van der Waals surface area contributed by atoms with Gasteiger partial charge in [-0.25, -0.2) is 0 Å². The third kappa shape index (κ3) is 1.24. The van der Waals surface area contributed by atoms with Crippen molar-refractivity contribution in [1.82, 2.24) is 5.73 Å². The molecule has 0 saturated heterocycles. The fourth-order valence-electron chi connectivity index (χ4n) is 1.10. The van der Waals surface area contributed by atoms with Gasteiger partial charge in [-0.05, 0) is 18.9 Å². The number of carbonyl (C=O) groups excluding carboxylic acids is 1. The number of carbonyl (C=O) groups is 1. The first kappa shape index (κ1) is 8.90. The van der Waals surface area contributed by atoms with E-state index in [0.29, 0.717) is 6.42 Å². The summed E-state index contributed by atoms with van der Waals surface area (Å²) in [6, 6.07) is 0. The summed E-state index contributed by atoms with van der Waals surface area (Å²) in [5.41, 5.74) is 6.89. The van der Waals surface area contributed by atoms with Crippen molar-refractivity contribution in [2.75, 3.05) is 0 Å². The molecular formula is C8H12N3O. The maximum atomic E-state index is 10.9. The summed E-state index contributed by atoms with van der Waals surface area (Å²) in [7, 11) is 0. The average molecular weight is 166 g/mol. The smallest absolute Gasteiger partial charge is 0.270 e. The normalized spacial score (nSPS) is 27.3. The molecule has 1 atom stereocenters. The molecule has 1 amide bonds. The molecule has 1 unspecified atom stereocenters. The molecule has 65 valence electrons. The highest BCUT2D eigenvalue weighted by molar-refractivity contribution is 5.87. The van der Waals surface area contributed by atoms with Gasteiger partial charge in [0.05, 0.1) is 5.70 Å². The summed E-state index contributed by atoms with van der Waals surface area (Å²) < 4.78 is 0. The molecule has 0 aromatic heterocycles. The van der Waals surface area contributed by atoms with Crippen LogP contribution in [0.1, 0.15) is 26.7 Å². The number of azo groups is 1. The Kier molecular flexibility index (Phi) is 2.26. The van der Waals surface area contributed by atoms with E-state index in [0.717, 1.165) is 12.1 Å². The van der Waals surface area contributed by atoms with E-state index in [9.17, 15) is 4.79 Å². The predicted molar refractivity (Wildman–Crippen MR) is 44.4 cm³/mol. The van der Waals surface area contributed by atoms with Crippen LogP contribution in [-0.2, 0) is 4.79 Å². The molecule has 0 aromatic carbocycles. The van der Waals surface area contributed by atoms with Crippen molar-refractivity contribution >= 4 is 5.91 Å². The van der Waals surface area contributed by atoms with Gasteiger partial charge in [0, 0.05) is 0 Å². The van der Waals surface area contributed by atoms with Gasteiger partial charge in [0.2, 0.25) is 0 Å². The Labute approximate surface area is 71.5 Å². The standard InChI is InChI=1S/C8H12N3O/c1-3-6-5-8(4-2,7(9)12)11-10-6/h5,9H,3-4H2,1-2H3. The lowest BCUT2D eigenvalue weighted by Gasteiger charge is -2.13. The van der Waals surface area contributed by atoms with Crippen LogP contribution in [0, 0.1) is 0 Å². The predicted octanol–water partition coefficient (Wildman–Crippen LogP) is 1.70. The van der Waals surface area contributed by atoms with Gasteiger partial charge >= 0.3 is 0 Å². The van der Waals surface area contributed by atoms with Crippen LogP contribution in [-0.4, -0.2) is 11.4 Å². The van der Waals surface area contributed by atoms with Crippen molar-refractivity contribution in [3.05, 3.63) is 11.8 Å². The maximum absolute atomic E-state index is 10.9. The maximum Gasteiger partial charge on any atom is 0.272 e. The molecule has 4 heteroatoms. The summed E-state index contributed by atoms with van der Waals surface area (Å²) in [4.78, 5) is 10.9. The fourth-order valence-corrected chi connectivity index (χ4v) is 1.10. The van der Waals surface area contributed by atoms with E-state index < -0.39 is 11.4 Å². The van der Waals surface area contributed by atoms with Crippen LogP contribution in [0.3, 0.4) is 0 Å². The topological polar surface area (TPSA) is 65.6 Å². The number of allylic oxidation sites excluding steroid dienone is 1. The molecular weight excluding hydrogens is 154 g/mol. The number of amides is 1. The number of hydrogen-bond donors (Lipinski definition) is 0.